The van der Waals surface area contributed by atoms with Crippen LogP contribution in [0.4, 0.5) is 17.6 Å². The lowest BCUT2D eigenvalue weighted by Crippen LogP contribution is -2.28. The van der Waals surface area contributed by atoms with Crippen LogP contribution < -0.4 is 0 Å². The molecule has 0 rings (SSSR count). The second-order valence-electron chi connectivity index (χ2n) is 27.9. The van der Waals surface area contributed by atoms with Crippen molar-refractivity contribution in [2.45, 2.75) is 303 Å². The van der Waals surface area contributed by atoms with E-state index in [1.165, 1.54) is 40.0 Å². The van der Waals surface area contributed by atoms with Crippen molar-refractivity contribution in [1.29, 1.82) is 0 Å². The monoisotopic (exact) mass is 961 g/mol. The van der Waals surface area contributed by atoms with Gasteiger partial charge in [0.2, 0.25) is 0 Å². The zero-order valence-corrected chi connectivity index (χ0v) is 51.4. The van der Waals surface area contributed by atoms with Crippen molar-refractivity contribution in [2.24, 2.45) is 49.7 Å². The van der Waals surface area contributed by atoms with Gasteiger partial charge in [-0.3, -0.25) is 0 Å². The molecule has 0 nitrogen and oxygen atoms in total. The second-order valence-corrected chi connectivity index (χ2v) is 31.4. The molecule has 0 saturated carbocycles. The van der Waals surface area contributed by atoms with E-state index in [2.05, 4.69) is 217 Å². The minimum Gasteiger partial charge on any atom is -0.245 e. The van der Waals surface area contributed by atoms with Gasteiger partial charge in [0.25, 0.3) is 0 Å². The zero-order valence-electron chi connectivity index (χ0n) is 49.0. The Balaban J connectivity index is -0.0000000583. The Kier molecular flexibility index (Phi) is 50.0. The lowest BCUT2D eigenvalue weighted by Gasteiger charge is -2.34. The predicted octanol–water partition coefficient (Wildman–Crippen LogP) is 23.3. The highest BCUT2D eigenvalue weighted by molar-refractivity contribution is 9.10. The fraction of sp³-hybridized carbons (Fsp3) is 1.00. The van der Waals surface area contributed by atoms with Gasteiger partial charge in [0, 0.05) is 9.20 Å². The van der Waals surface area contributed by atoms with Gasteiger partial charge >= 0.3 is 6.18 Å². The summed E-state index contributed by atoms with van der Waals surface area (Å²) in [6.45, 7) is 78.3. The van der Waals surface area contributed by atoms with Crippen LogP contribution >= 0.6 is 27.5 Å². The third-order valence-electron chi connectivity index (χ3n) is 6.89. The first-order valence-electron chi connectivity index (χ1n) is 22.9. The van der Waals surface area contributed by atoms with Gasteiger partial charge in [-0.05, 0) is 92.3 Å². The maximum Gasteiger partial charge on any atom is 0.393 e. The molecule has 0 aromatic rings. The van der Waals surface area contributed by atoms with Gasteiger partial charge in [-0.1, -0.05) is 250 Å². The molecule has 0 aliphatic carbocycles. The fourth-order valence-corrected chi connectivity index (χ4v) is 0.750. The van der Waals surface area contributed by atoms with E-state index in [9.17, 15) is 17.6 Å². The highest BCUT2D eigenvalue weighted by Gasteiger charge is 2.42. The van der Waals surface area contributed by atoms with E-state index in [4.69, 9.17) is 11.6 Å². The maximum atomic E-state index is 11.7. The highest BCUT2D eigenvalue weighted by atomic mass is 79.9. The van der Waals surface area contributed by atoms with Crippen LogP contribution in [0.15, 0.2) is 0 Å². The number of rotatable bonds is 1. The molecule has 0 atom stereocenters. The van der Waals surface area contributed by atoms with Gasteiger partial charge in [-0.25, -0.2) is 4.39 Å². The molecule has 0 aliphatic rings. The summed E-state index contributed by atoms with van der Waals surface area (Å²) < 4.78 is 46.7. The number of hydrogen-bond donors (Lipinski definition) is 0. The third kappa shape index (κ3) is 195. The largest absolute Gasteiger partial charge is 0.393 e. The SMILES string of the molecule is CC(C)(C)Br.CC(C)(C)C.CC(C)(C)C(C)(C)C.CC(C)(C)C(F)(F)F.CC(C)(C)Cl.CC(C)(C)F.CC(C)C.CC(C)C(C)(C)C.CCC(C)(C)C.CCCC(C)(C)C. The first-order valence-corrected chi connectivity index (χ1v) is 24.1. The van der Waals surface area contributed by atoms with Crippen LogP contribution in [0.1, 0.15) is 282 Å². The van der Waals surface area contributed by atoms with Crippen molar-refractivity contribution >= 4 is 27.5 Å². The van der Waals surface area contributed by atoms with Gasteiger partial charge < -0.3 is 0 Å². The second kappa shape index (κ2) is 35.7. The summed E-state index contributed by atoms with van der Waals surface area (Å²) in [6, 6.07) is 0. The van der Waals surface area contributed by atoms with Crippen LogP contribution in [0.2, 0.25) is 0 Å². The summed E-state index contributed by atoms with van der Waals surface area (Å²) in [5, 5.41) is 0. The summed E-state index contributed by atoms with van der Waals surface area (Å²) in [7, 11) is 0. The molecule has 0 heterocycles. The minimum absolute atomic E-state index is 0.0278. The fourth-order valence-electron chi connectivity index (χ4n) is 0.750. The van der Waals surface area contributed by atoms with Crippen molar-refractivity contribution in [3.05, 3.63) is 0 Å². The molecule has 380 valence electrons. The molecule has 0 amide bonds. The Morgan fingerprint density at radius 2 is 0.550 bits per heavy atom. The molecule has 0 fully saturated rings. The number of alkyl halides is 6. The van der Waals surface area contributed by atoms with E-state index in [1.54, 1.807) is 0 Å². The molecule has 0 unspecified atom stereocenters. The number of hydrogen-bond acceptors (Lipinski definition) is 0. The quantitative estimate of drug-likeness (QED) is 0.181. The third-order valence-corrected chi connectivity index (χ3v) is 6.89. The summed E-state index contributed by atoms with van der Waals surface area (Å²) in [5.74, 6) is 1.63. The molecule has 60 heavy (non-hydrogen) atoms. The molecule has 0 radical (unpaired) electrons. The van der Waals surface area contributed by atoms with Crippen LogP contribution in [0.3, 0.4) is 0 Å². The first kappa shape index (κ1) is 84.0. The molecule has 0 N–H and O–H groups in total. The molecule has 0 aromatic carbocycles. The topological polar surface area (TPSA) is 0 Å². The average molecular weight is 963 g/mol. The summed E-state index contributed by atoms with van der Waals surface area (Å²) in [5.41, 5.74) is 0.405. The summed E-state index contributed by atoms with van der Waals surface area (Å²) >= 11 is 8.91. The molecule has 0 bridgehead atoms. The lowest BCUT2D eigenvalue weighted by molar-refractivity contribution is -0.204. The Morgan fingerprint density at radius 1 is 0.433 bits per heavy atom. The number of halogens is 6. The molecular formula is C54H122BrClF4. The van der Waals surface area contributed by atoms with E-state index in [0.29, 0.717) is 36.8 Å². The summed E-state index contributed by atoms with van der Waals surface area (Å²) in [4.78, 5) is -0.0278. The Morgan fingerprint density at radius 3 is 0.550 bits per heavy atom. The van der Waals surface area contributed by atoms with Crippen LogP contribution in [0.25, 0.3) is 0 Å². The normalized spacial score (nSPS) is 12.5. The van der Waals surface area contributed by atoms with Crippen LogP contribution in [0.5, 0.6) is 0 Å². The van der Waals surface area contributed by atoms with Gasteiger partial charge in [-0.15, -0.1) is 11.6 Å². The molecule has 6 heteroatoms. The van der Waals surface area contributed by atoms with Gasteiger partial charge in [0.1, 0.15) is 5.67 Å². The standard InChI is InChI=1S/C8H18.2C7H16.C6H14.C5H9F3.C5H12.C4H9Br.C4H9Cl.C4H9F.C4H10/c1-7(2,3)8(4,5)6;1-6(2)7(3,4)5;1-5-6-7(2,3)4;1-5-6(2,3)4;1-4(2,3)5(6,7)8;1-5(2,3)4;3*1-4(2,3)5;1-4(2)3/h1-6H3;6H,1-5H3;5-6H2,1-4H3;5H2,1-4H3;1-3H3;1-4H3;3*1-3H3;4H,1-3H3. The van der Waals surface area contributed by atoms with E-state index >= 15 is 0 Å². The Labute approximate surface area is 396 Å². The average Bonchev–Trinajstić information content (AvgIpc) is 2.76. The Hall–Kier alpha value is 0.490. The smallest absolute Gasteiger partial charge is 0.245 e. The van der Waals surface area contributed by atoms with Gasteiger partial charge in [0.05, 0.1) is 5.41 Å². The molecular weight excluding hydrogens is 840 g/mol. The van der Waals surface area contributed by atoms with Gasteiger partial charge in [0.15, 0.2) is 0 Å². The van der Waals surface area contributed by atoms with E-state index < -0.39 is 17.3 Å². The minimum atomic E-state index is -4.06. The van der Waals surface area contributed by atoms with E-state index in [1.807, 2.05) is 20.8 Å². The van der Waals surface area contributed by atoms with Crippen molar-refractivity contribution in [3.8, 4) is 0 Å². The molecule has 0 spiro atoms. The van der Waals surface area contributed by atoms with Gasteiger partial charge in [-0.2, -0.15) is 13.2 Å². The zero-order chi connectivity index (χ0) is 52.8. The lowest BCUT2D eigenvalue weighted by atomic mass is 9.71. The molecule has 0 aliphatic heterocycles. The maximum absolute atomic E-state index is 11.7. The summed E-state index contributed by atoms with van der Waals surface area (Å²) in [6.07, 6.45) is -0.142. The van der Waals surface area contributed by atoms with Crippen molar-refractivity contribution < 1.29 is 17.6 Å². The van der Waals surface area contributed by atoms with Crippen LogP contribution in [-0.4, -0.2) is 21.0 Å². The van der Waals surface area contributed by atoms with Crippen molar-refractivity contribution in [2.75, 3.05) is 0 Å². The first-order chi connectivity index (χ1) is 24.8. The van der Waals surface area contributed by atoms with Crippen molar-refractivity contribution in [1.82, 2.24) is 0 Å². The van der Waals surface area contributed by atoms with Crippen LogP contribution in [-0.2, 0) is 0 Å². The molecule has 0 saturated heterocycles. The van der Waals surface area contributed by atoms with Crippen LogP contribution in [0, 0.1) is 49.7 Å². The molecule has 0 aromatic heterocycles. The van der Waals surface area contributed by atoms with Crippen molar-refractivity contribution in [3.63, 3.8) is 0 Å². The van der Waals surface area contributed by atoms with E-state index in [-0.39, 0.29) is 4.87 Å². The highest BCUT2D eigenvalue weighted by Crippen LogP contribution is 2.37. The van der Waals surface area contributed by atoms with E-state index in [0.717, 1.165) is 32.6 Å². The predicted molar refractivity (Wildman–Crippen MR) is 284 cm³/mol. The Bertz CT molecular complexity index is 739.